The Hall–Kier alpha value is -2.43. The smallest absolute Gasteiger partial charge is 0.315 e. The number of urea groups is 1. The number of rotatable bonds is 7. The number of hydrogen-bond acceptors (Lipinski definition) is 3. The molecule has 2 rings (SSSR count). The first-order chi connectivity index (χ1) is 11.2. The molecule has 5 heteroatoms. The van der Waals surface area contributed by atoms with E-state index in [1.807, 2.05) is 18.2 Å². The van der Waals surface area contributed by atoms with Crippen LogP contribution in [0.15, 0.2) is 36.9 Å². The highest BCUT2D eigenvalue weighted by atomic mass is 16.5. The lowest BCUT2D eigenvalue weighted by Crippen LogP contribution is -2.40. The van der Waals surface area contributed by atoms with Crippen LogP contribution in [-0.2, 0) is 13.0 Å². The summed E-state index contributed by atoms with van der Waals surface area (Å²) >= 11 is 0. The van der Waals surface area contributed by atoms with Crippen LogP contribution in [0.5, 0.6) is 11.5 Å². The molecular formula is C18H24N2O3. The third-order valence-electron chi connectivity index (χ3n) is 3.78. The maximum atomic E-state index is 11.9. The summed E-state index contributed by atoms with van der Waals surface area (Å²) in [4.78, 5) is 11.9. The minimum atomic E-state index is -0.154. The van der Waals surface area contributed by atoms with Crippen LogP contribution in [0.3, 0.4) is 0 Å². The van der Waals surface area contributed by atoms with Crippen molar-refractivity contribution in [2.24, 2.45) is 0 Å². The first-order valence-electron chi connectivity index (χ1n) is 7.72. The van der Waals surface area contributed by atoms with E-state index in [2.05, 4.69) is 29.4 Å². The van der Waals surface area contributed by atoms with Gasteiger partial charge in [-0.15, -0.1) is 6.58 Å². The third kappa shape index (κ3) is 4.52. The van der Waals surface area contributed by atoms with E-state index in [0.717, 1.165) is 24.0 Å². The summed E-state index contributed by atoms with van der Waals surface area (Å²) in [6.07, 6.45) is 8.45. The fourth-order valence-corrected chi connectivity index (χ4v) is 2.67. The molecule has 1 aromatic carbocycles. The molecule has 1 aliphatic carbocycles. The Morgan fingerprint density at radius 3 is 2.65 bits per heavy atom. The lowest BCUT2D eigenvalue weighted by Gasteiger charge is -2.16. The molecule has 0 atom stereocenters. The highest BCUT2D eigenvalue weighted by Crippen LogP contribution is 2.33. The minimum Gasteiger partial charge on any atom is -0.493 e. The molecule has 0 bridgehead atoms. The van der Waals surface area contributed by atoms with Crippen molar-refractivity contribution >= 4 is 6.03 Å². The van der Waals surface area contributed by atoms with Gasteiger partial charge in [-0.2, -0.15) is 0 Å². The van der Waals surface area contributed by atoms with Gasteiger partial charge in [0.05, 0.1) is 14.2 Å². The number of ether oxygens (including phenoxy) is 2. The molecule has 2 N–H and O–H groups in total. The maximum absolute atomic E-state index is 11.9. The van der Waals surface area contributed by atoms with Crippen LogP contribution in [0.25, 0.3) is 0 Å². The van der Waals surface area contributed by atoms with Gasteiger partial charge in [-0.05, 0) is 37.0 Å². The zero-order valence-electron chi connectivity index (χ0n) is 13.7. The first kappa shape index (κ1) is 16.9. The Bertz CT molecular complexity index is 588. The van der Waals surface area contributed by atoms with Gasteiger partial charge in [0.15, 0.2) is 11.5 Å². The van der Waals surface area contributed by atoms with E-state index in [4.69, 9.17) is 9.47 Å². The standard InChI is InChI=1S/C18H24N2O3/c1-4-7-14-10-13(11-16(22-2)17(14)23-3)12-19-18(21)20-15-8-5-6-9-15/h4-6,10-11,15H,1,7-9,12H2,2-3H3,(H2,19,20,21). The molecule has 23 heavy (non-hydrogen) atoms. The van der Waals surface area contributed by atoms with Crippen LogP contribution in [0.4, 0.5) is 4.79 Å². The van der Waals surface area contributed by atoms with Gasteiger partial charge in [-0.3, -0.25) is 0 Å². The highest BCUT2D eigenvalue weighted by molar-refractivity contribution is 5.74. The number of carbonyl (C=O) groups is 1. The molecule has 1 aliphatic rings. The van der Waals surface area contributed by atoms with Crippen molar-refractivity contribution in [3.8, 4) is 11.5 Å². The molecule has 0 radical (unpaired) electrons. The molecule has 0 heterocycles. The molecule has 0 aromatic heterocycles. The molecule has 0 saturated carbocycles. The summed E-state index contributed by atoms with van der Waals surface area (Å²) in [5, 5.41) is 5.84. The maximum Gasteiger partial charge on any atom is 0.315 e. The second-order valence-electron chi connectivity index (χ2n) is 5.45. The van der Waals surface area contributed by atoms with Crippen LogP contribution >= 0.6 is 0 Å². The second-order valence-corrected chi connectivity index (χ2v) is 5.45. The quantitative estimate of drug-likeness (QED) is 0.760. The summed E-state index contributed by atoms with van der Waals surface area (Å²) in [6.45, 7) is 4.19. The summed E-state index contributed by atoms with van der Waals surface area (Å²) in [7, 11) is 3.22. The average molecular weight is 316 g/mol. The summed E-state index contributed by atoms with van der Waals surface area (Å²) in [5.74, 6) is 1.36. The largest absolute Gasteiger partial charge is 0.493 e. The van der Waals surface area contributed by atoms with E-state index in [1.54, 1.807) is 14.2 Å². The van der Waals surface area contributed by atoms with Crippen LogP contribution in [0.2, 0.25) is 0 Å². The number of nitrogens with one attached hydrogen (secondary N) is 2. The topological polar surface area (TPSA) is 59.6 Å². The predicted octanol–water partition coefficient (Wildman–Crippen LogP) is 2.95. The predicted molar refractivity (Wildman–Crippen MR) is 91.0 cm³/mol. The van der Waals surface area contributed by atoms with Gasteiger partial charge in [0.2, 0.25) is 0 Å². The van der Waals surface area contributed by atoms with Gasteiger partial charge < -0.3 is 20.1 Å². The molecule has 0 unspecified atom stereocenters. The van der Waals surface area contributed by atoms with Crippen molar-refractivity contribution in [1.29, 1.82) is 0 Å². The Morgan fingerprint density at radius 1 is 1.30 bits per heavy atom. The van der Waals surface area contributed by atoms with Crippen molar-refractivity contribution in [3.63, 3.8) is 0 Å². The fourth-order valence-electron chi connectivity index (χ4n) is 2.67. The van der Waals surface area contributed by atoms with E-state index in [-0.39, 0.29) is 12.1 Å². The van der Waals surface area contributed by atoms with Gasteiger partial charge >= 0.3 is 6.03 Å². The number of benzene rings is 1. The molecule has 0 aliphatic heterocycles. The van der Waals surface area contributed by atoms with Gasteiger partial charge in [0.25, 0.3) is 0 Å². The van der Waals surface area contributed by atoms with E-state index in [1.165, 1.54) is 0 Å². The Morgan fingerprint density at radius 2 is 2.04 bits per heavy atom. The second kappa shape index (κ2) is 8.27. The molecule has 5 nitrogen and oxygen atoms in total. The van der Waals surface area contributed by atoms with Crippen molar-refractivity contribution in [2.75, 3.05) is 14.2 Å². The number of amides is 2. The third-order valence-corrected chi connectivity index (χ3v) is 3.78. The van der Waals surface area contributed by atoms with Crippen LogP contribution < -0.4 is 20.1 Å². The van der Waals surface area contributed by atoms with Gasteiger partial charge in [0, 0.05) is 18.2 Å². The lowest BCUT2D eigenvalue weighted by molar-refractivity contribution is 0.237. The van der Waals surface area contributed by atoms with E-state index >= 15 is 0 Å². The number of methoxy groups -OCH3 is 2. The zero-order valence-corrected chi connectivity index (χ0v) is 13.7. The van der Waals surface area contributed by atoms with Crippen LogP contribution in [-0.4, -0.2) is 26.3 Å². The number of allylic oxidation sites excluding steroid dienone is 1. The Kier molecular flexibility index (Phi) is 6.09. The van der Waals surface area contributed by atoms with Crippen molar-refractivity contribution in [1.82, 2.24) is 10.6 Å². The molecule has 0 spiro atoms. The molecule has 1 aromatic rings. The van der Waals surface area contributed by atoms with E-state index < -0.39 is 0 Å². The average Bonchev–Trinajstić information content (AvgIpc) is 3.05. The fraction of sp³-hybridized carbons (Fsp3) is 0.389. The Balaban J connectivity index is 2.02. The van der Waals surface area contributed by atoms with Gasteiger partial charge in [-0.1, -0.05) is 18.2 Å². The first-order valence-corrected chi connectivity index (χ1v) is 7.72. The zero-order chi connectivity index (χ0) is 16.7. The summed E-state index contributed by atoms with van der Waals surface area (Å²) < 4.78 is 10.8. The normalized spacial score (nSPS) is 13.7. The number of carbonyl (C=O) groups excluding carboxylic acids is 1. The molecule has 2 amide bonds. The molecular weight excluding hydrogens is 292 g/mol. The van der Waals surface area contributed by atoms with Crippen molar-refractivity contribution in [2.45, 2.75) is 31.8 Å². The van der Waals surface area contributed by atoms with E-state index in [9.17, 15) is 4.79 Å². The van der Waals surface area contributed by atoms with Gasteiger partial charge in [0.1, 0.15) is 0 Å². The van der Waals surface area contributed by atoms with Crippen LogP contribution in [0, 0.1) is 0 Å². The van der Waals surface area contributed by atoms with Crippen LogP contribution in [0.1, 0.15) is 24.0 Å². The summed E-state index contributed by atoms with van der Waals surface area (Å²) in [6, 6.07) is 3.93. The van der Waals surface area contributed by atoms with E-state index in [0.29, 0.717) is 24.5 Å². The number of hydrogen-bond donors (Lipinski definition) is 2. The summed E-state index contributed by atoms with van der Waals surface area (Å²) in [5.41, 5.74) is 1.94. The monoisotopic (exact) mass is 316 g/mol. The molecule has 124 valence electrons. The molecule has 0 saturated heterocycles. The minimum absolute atomic E-state index is 0.154. The SMILES string of the molecule is C=CCc1cc(CNC(=O)NC2CC=CC2)cc(OC)c1OC. The van der Waals surface area contributed by atoms with Gasteiger partial charge in [-0.25, -0.2) is 4.79 Å². The van der Waals surface area contributed by atoms with Crippen molar-refractivity contribution < 1.29 is 14.3 Å². The van der Waals surface area contributed by atoms with Crippen molar-refractivity contribution in [3.05, 3.63) is 48.1 Å². The Labute approximate surface area is 137 Å². The lowest BCUT2D eigenvalue weighted by atomic mass is 10.1. The highest BCUT2D eigenvalue weighted by Gasteiger charge is 2.14. The molecule has 0 fully saturated rings.